The first-order chi connectivity index (χ1) is 14.1. The van der Waals surface area contributed by atoms with Gasteiger partial charge in [0, 0.05) is 25.6 Å². The van der Waals surface area contributed by atoms with Crippen molar-refractivity contribution in [1.82, 2.24) is 14.8 Å². The van der Waals surface area contributed by atoms with Gasteiger partial charge in [-0.1, -0.05) is 12.1 Å². The summed E-state index contributed by atoms with van der Waals surface area (Å²) in [4.78, 5) is 33.7. The molecule has 1 atom stereocenters. The van der Waals surface area contributed by atoms with E-state index in [2.05, 4.69) is 23.1 Å². The Morgan fingerprint density at radius 3 is 2.72 bits per heavy atom. The van der Waals surface area contributed by atoms with Gasteiger partial charge in [0.05, 0.1) is 34.3 Å². The zero-order valence-electron chi connectivity index (χ0n) is 17.0. The number of likely N-dealkylation sites (tertiary alicyclic amines) is 2. The van der Waals surface area contributed by atoms with E-state index >= 15 is 0 Å². The van der Waals surface area contributed by atoms with Crippen molar-refractivity contribution in [1.29, 1.82) is 0 Å². The van der Waals surface area contributed by atoms with Crippen LogP contribution in [0, 0.1) is 5.92 Å². The maximum atomic E-state index is 12.8. The summed E-state index contributed by atoms with van der Waals surface area (Å²) < 4.78 is 6.40. The molecule has 0 spiro atoms. The Morgan fingerprint density at radius 2 is 1.97 bits per heavy atom. The maximum Gasteiger partial charge on any atom is 0.310 e. The number of nitrogens with zero attached hydrogens (tertiary/aromatic N) is 3. The van der Waals surface area contributed by atoms with Gasteiger partial charge in [0.1, 0.15) is 0 Å². The van der Waals surface area contributed by atoms with Crippen LogP contribution in [-0.2, 0) is 14.3 Å². The van der Waals surface area contributed by atoms with Gasteiger partial charge >= 0.3 is 5.97 Å². The van der Waals surface area contributed by atoms with Crippen molar-refractivity contribution in [3.8, 4) is 0 Å². The van der Waals surface area contributed by atoms with Crippen LogP contribution in [0.2, 0.25) is 0 Å². The smallest absolute Gasteiger partial charge is 0.310 e. The number of piperidine rings is 2. The number of carbonyl (C=O) groups is 2. The highest BCUT2D eigenvalue weighted by Crippen LogP contribution is 2.33. The Hall–Kier alpha value is -1.99. The fraction of sp³-hybridized carbons (Fsp3) is 0.591. The second kappa shape index (κ2) is 9.22. The van der Waals surface area contributed by atoms with Crippen LogP contribution >= 0.6 is 11.3 Å². The zero-order valence-corrected chi connectivity index (χ0v) is 17.8. The molecule has 2 aromatic rings. The van der Waals surface area contributed by atoms with Crippen molar-refractivity contribution in [3.63, 3.8) is 0 Å². The maximum absolute atomic E-state index is 12.8. The highest BCUT2D eigenvalue weighted by molar-refractivity contribution is 7.18. The number of para-hydroxylation sites is 1. The lowest BCUT2D eigenvalue weighted by atomic mass is 9.97. The Balaban J connectivity index is 1.28. The van der Waals surface area contributed by atoms with Gasteiger partial charge in [0.2, 0.25) is 5.91 Å². The molecule has 6 nitrogen and oxygen atoms in total. The summed E-state index contributed by atoms with van der Waals surface area (Å²) in [5, 5.41) is 1.20. The lowest BCUT2D eigenvalue weighted by molar-refractivity contribution is -0.150. The number of fused-ring (bicyclic) bond motifs is 1. The number of amides is 1. The molecule has 0 N–H and O–H groups in total. The Kier molecular flexibility index (Phi) is 6.45. The molecule has 2 fully saturated rings. The van der Waals surface area contributed by atoms with Gasteiger partial charge in [0.15, 0.2) is 0 Å². The molecule has 0 radical (unpaired) electrons. The summed E-state index contributed by atoms with van der Waals surface area (Å²) in [6.45, 7) is 5.74. The Morgan fingerprint density at radius 1 is 1.17 bits per heavy atom. The molecular formula is C22H29N3O3S. The van der Waals surface area contributed by atoms with Gasteiger partial charge in [-0.15, -0.1) is 11.3 Å². The predicted molar refractivity (Wildman–Crippen MR) is 114 cm³/mol. The molecule has 3 heterocycles. The minimum absolute atomic E-state index is 0.0960. The first-order valence-electron chi connectivity index (χ1n) is 10.7. The summed E-state index contributed by atoms with van der Waals surface area (Å²) in [7, 11) is 0. The SMILES string of the molecule is CCOC(=O)[C@H]1CCCN(CC(=O)N2CCC(c3nc4ccccc4s3)CC2)C1. The minimum atomic E-state index is -0.124. The van der Waals surface area contributed by atoms with E-state index in [1.54, 1.807) is 11.3 Å². The average Bonchev–Trinajstić information content (AvgIpc) is 3.18. The minimum Gasteiger partial charge on any atom is -0.466 e. The standard InChI is InChI=1S/C22H29N3O3S/c1-2-28-22(27)17-6-5-11-24(14-17)15-20(26)25-12-9-16(10-13-25)21-23-18-7-3-4-8-19(18)29-21/h3-4,7-8,16-17H,2,5-6,9-15H2,1H3/t17-/m0/s1. The molecule has 0 unspecified atom stereocenters. The molecule has 2 aliphatic rings. The number of ether oxygens (including phenoxy) is 1. The molecule has 2 aliphatic heterocycles. The topological polar surface area (TPSA) is 62.7 Å². The molecule has 7 heteroatoms. The van der Waals surface area contributed by atoms with E-state index in [1.807, 2.05) is 17.9 Å². The van der Waals surface area contributed by atoms with E-state index in [9.17, 15) is 9.59 Å². The second-order valence-corrected chi connectivity index (χ2v) is 9.06. The van der Waals surface area contributed by atoms with Crippen LogP contribution in [0.15, 0.2) is 24.3 Å². The van der Waals surface area contributed by atoms with Crippen LogP contribution in [0.25, 0.3) is 10.2 Å². The normalized spacial score (nSPS) is 21.4. The number of hydrogen-bond acceptors (Lipinski definition) is 6. The molecule has 1 aromatic carbocycles. The van der Waals surface area contributed by atoms with E-state index in [-0.39, 0.29) is 17.8 Å². The summed E-state index contributed by atoms with van der Waals surface area (Å²) in [6.07, 6.45) is 3.74. The molecule has 4 rings (SSSR count). The quantitative estimate of drug-likeness (QED) is 0.702. The van der Waals surface area contributed by atoms with E-state index in [0.29, 0.717) is 25.6 Å². The van der Waals surface area contributed by atoms with Crippen LogP contribution in [0.1, 0.15) is 43.5 Å². The van der Waals surface area contributed by atoms with E-state index in [0.717, 1.165) is 50.8 Å². The fourth-order valence-electron chi connectivity index (χ4n) is 4.38. The van der Waals surface area contributed by atoms with Crippen molar-refractivity contribution in [2.24, 2.45) is 5.92 Å². The lowest BCUT2D eigenvalue weighted by Crippen LogP contribution is -2.47. The van der Waals surface area contributed by atoms with Gasteiger partial charge in [-0.3, -0.25) is 14.5 Å². The number of carbonyl (C=O) groups excluding carboxylic acids is 2. The fourth-order valence-corrected chi connectivity index (χ4v) is 5.52. The van der Waals surface area contributed by atoms with Crippen LogP contribution < -0.4 is 0 Å². The van der Waals surface area contributed by atoms with Gasteiger partial charge < -0.3 is 9.64 Å². The second-order valence-electron chi connectivity index (χ2n) is 8.00. The molecular weight excluding hydrogens is 386 g/mol. The Labute approximate surface area is 175 Å². The predicted octanol–water partition coefficient (Wildman–Crippen LogP) is 3.28. The monoisotopic (exact) mass is 415 g/mol. The summed E-state index contributed by atoms with van der Waals surface area (Å²) in [5.41, 5.74) is 1.08. The third kappa shape index (κ3) is 4.78. The van der Waals surface area contributed by atoms with E-state index in [1.165, 1.54) is 9.71 Å². The molecule has 1 amide bonds. The van der Waals surface area contributed by atoms with Crippen LogP contribution in [-0.4, -0.2) is 66.0 Å². The van der Waals surface area contributed by atoms with Crippen LogP contribution in [0.4, 0.5) is 0 Å². The van der Waals surface area contributed by atoms with E-state index < -0.39 is 0 Å². The summed E-state index contributed by atoms with van der Waals surface area (Å²) in [5.74, 6) is 0.402. The largest absolute Gasteiger partial charge is 0.466 e. The molecule has 0 saturated carbocycles. The van der Waals surface area contributed by atoms with Crippen molar-refractivity contribution >= 4 is 33.4 Å². The number of thiazole rings is 1. The van der Waals surface area contributed by atoms with Gasteiger partial charge in [0.25, 0.3) is 0 Å². The van der Waals surface area contributed by atoms with Crippen LogP contribution in [0.5, 0.6) is 0 Å². The van der Waals surface area contributed by atoms with Crippen molar-refractivity contribution in [2.75, 3.05) is 39.3 Å². The van der Waals surface area contributed by atoms with Crippen LogP contribution in [0.3, 0.4) is 0 Å². The molecule has 0 aliphatic carbocycles. The molecule has 29 heavy (non-hydrogen) atoms. The zero-order chi connectivity index (χ0) is 20.2. The average molecular weight is 416 g/mol. The number of benzene rings is 1. The van der Waals surface area contributed by atoms with Gasteiger partial charge in [-0.25, -0.2) is 4.98 Å². The first-order valence-corrected chi connectivity index (χ1v) is 11.5. The molecule has 1 aromatic heterocycles. The Bertz CT molecular complexity index is 827. The number of hydrogen-bond donors (Lipinski definition) is 0. The first kappa shape index (κ1) is 20.3. The summed E-state index contributed by atoms with van der Waals surface area (Å²) in [6, 6.07) is 8.27. The number of esters is 1. The molecule has 2 saturated heterocycles. The molecule has 0 bridgehead atoms. The highest BCUT2D eigenvalue weighted by atomic mass is 32.1. The summed E-state index contributed by atoms with van der Waals surface area (Å²) >= 11 is 1.78. The third-order valence-electron chi connectivity index (χ3n) is 5.99. The third-order valence-corrected chi connectivity index (χ3v) is 7.19. The van der Waals surface area contributed by atoms with Crippen molar-refractivity contribution in [2.45, 2.75) is 38.5 Å². The number of aromatic nitrogens is 1. The molecule has 156 valence electrons. The lowest BCUT2D eigenvalue weighted by Gasteiger charge is -2.35. The number of rotatable bonds is 5. The van der Waals surface area contributed by atoms with Gasteiger partial charge in [-0.2, -0.15) is 0 Å². The highest BCUT2D eigenvalue weighted by Gasteiger charge is 2.30. The van der Waals surface area contributed by atoms with E-state index in [4.69, 9.17) is 9.72 Å². The van der Waals surface area contributed by atoms with Crippen molar-refractivity contribution in [3.05, 3.63) is 29.3 Å². The van der Waals surface area contributed by atoms with Gasteiger partial charge in [-0.05, 0) is 51.3 Å². The van der Waals surface area contributed by atoms with Crippen molar-refractivity contribution < 1.29 is 14.3 Å².